The van der Waals surface area contributed by atoms with Crippen molar-refractivity contribution in [1.29, 1.82) is 0 Å². The highest BCUT2D eigenvalue weighted by molar-refractivity contribution is 5.99. The second kappa shape index (κ2) is 4.30. The van der Waals surface area contributed by atoms with Crippen molar-refractivity contribution < 1.29 is 4.79 Å². The number of carbonyl (C=O) groups is 1. The van der Waals surface area contributed by atoms with E-state index in [1.54, 1.807) is 0 Å². The number of hydrogen-bond donors (Lipinski definition) is 2. The summed E-state index contributed by atoms with van der Waals surface area (Å²) in [7, 11) is 0. The summed E-state index contributed by atoms with van der Waals surface area (Å²) in [4.78, 5) is 12.3. The van der Waals surface area contributed by atoms with E-state index in [1.165, 1.54) is 19.3 Å². The standard InChI is InChI=1S/C15H20N2O/c1-9-2-5-13(16)12(6-9)15(18)17-14-8-10-3-4-11(14)7-10/h2,5-6,10-11,14H,3-4,7-8,16H2,1H3,(H,17,18). The first-order valence-corrected chi connectivity index (χ1v) is 6.80. The predicted molar refractivity (Wildman–Crippen MR) is 72.3 cm³/mol. The minimum Gasteiger partial charge on any atom is -0.398 e. The third kappa shape index (κ3) is 1.98. The molecule has 18 heavy (non-hydrogen) atoms. The first kappa shape index (κ1) is 11.6. The molecule has 0 heterocycles. The highest BCUT2D eigenvalue weighted by atomic mass is 16.1. The molecule has 3 heteroatoms. The Labute approximate surface area is 108 Å². The molecule has 3 N–H and O–H groups in total. The van der Waals surface area contributed by atoms with Crippen molar-refractivity contribution in [3.63, 3.8) is 0 Å². The van der Waals surface area contributed by atoms with Crippen LogP contribution in [0.25, 0.3) is 0 Å². The summed E-state index contributed by atoms with van der Waals surface area (Å²) in [6.45, 7) is 1.98. The number of rotatable bonds is 2. The van der Waals surface area contributed by atoms with Crippen LogP contribution >= 0.6 is 0 Å². The molecule has 0 aromatic heterocycles. The Morgan fingerprint density at radius 2 is 2.17 bits per heavy atom. The molecule has 0 saturated heterocycles. The van der Waals surface area contributed by atoms with Crippen LogP contribution in [0.2, 0.25) is 0 Å². The number of hydrogen-bond acceptors (Lipinski definition) is 2. The monoisotopic (exact) mass is 244 g/mol. The molecule has 2 saturated carbocycles. The fourth-order valence-electron chi connectivity index (χ4n) is 3.53. The lowest BCUT2D eigenvalue weighted by Gasteiger charge is -2.23. The first-order valence-electron chi connectivity index (χ1n) is 6.80. The van der Waals surface area contributed by atoms with E-state index in [0.29, 0.717) is 23.2 Å². The van der Waals surface area contributed by atoms with Gasteiger partial charge in [-0.2, -0.15) is 0 Å². The summed E-state index contributed by atoms with van der Waals surface area (Å²) >= 11 is 0. The lowest BCUT2D eigenvalue weighted by molar-refractivity contribution is 0.0924. The Hall–Kier alpha value is -1.51. The van der Waals surface area contributed by atoms with Crippen LogP contribution in [0.3, 0.4) is 0 Å². The highest BCUT2D eigenvalue weighted by Crippen LogP contribution is 2.44. The maximum absolute atomic E-state index is 12.3. The van der Waals surface area contributed by atoms with E-state index < -0.39 is 0 Å². The van der Waals surface area contributed by atoms with Crippen molar-refractivity contribution in [2.45, 2.75) is 38.6 Å². The Morgan fingerprint density at radius 1 is 1.33 bits per heavy atom. The average molecular weight is 244 g/mol. The maximum atomic E-state index is 12.3. The second-order valence-corrected chi connectivity index (χ2v) is 5.85. The largest absolute Gasteiger partial charge is 0.398 e. The number of fused-ring (bicyclic) bond motifs is 2. The molecule has 3 rings (SSSR count). The Kier molecular flexibility index (Phi) is 2.77. The third-order valence-electron chi connectivity index (χ3n) is 4.51. The molecule has 1 aromatic carbocycles. The fourth-order valence-corrected chi connectivity index (χ4v) is 3.53. The molecule has 1 amide bonds. The summed E-state index contributed by atoms with van der Waals surface area (Å²) in [6.07, 6.45) is 5.08. The van der Waals surface area contributed by atoms with Gasteiger partial charge in [0.2, 0.25) is 0 Å². The van der Waals surface area contributed by atoms with Gasteiger partial charge in [0.05, 0.1) is 5.56 Å². The van der Waals surface area contributed by atoms with E-state index in [-0.39, 0.29) is 5.91 Å². The molecular weight excluding hydrogens is 224 g/mol. The van der Waals surface area contributed by atoms with Crippen molar-refractivity contribution >= 4 is 11.6 Å². The zero-order chi connectivity index (χ0) is 12.7. The van der Waals surface area contributed by atoms with Crippen LogP contribution in [0.15, 0.2) is 18.2 Å². The zero-order valence-corrected chi connectivity index (χ0v) is 10.8. The van der Waals surface area contributed by atoms with Crippen LogP contribution in [-0.4, -0.2) is 11.9 Å². The SMILES string of the molecule is Cc1ccc(N)c(C(=O)NC2CC3CCC2C3)c1. The number of nitrogens with one attached hydrogen (secondary N) is 1. The van der Waals surface area contributed by atoms with Gasteiger partial charge in [-0.3, -0.25) is 4.79 Å². The van der Waals surface area contributed by atoms with Crippen molar-refractivity contribution in [2.75, 3.05) is 5.73 Å². The number of amides is 1. The van der Waals surface area contributed by atoms with Gasteiger partial charge in [0, 0.05) is 11.7 Å². The summed E-state index contributed by atoms with van der Waals surface area (Å²) < 4.78 is 0. The lowest BCUT2D eigenvalue weighted by Crippen LogP contribution is -2.38. The smallest absolute Gasteiger partial charge is 0.253 e. The van der Waals surface area contributed by atoms with Gasteiger partial charge in [-0.1, -0.05) is 18.1 Å². The fraction of sp³-hybridized carbons (Fsp3) is 0.533. The summed E-state index contributed by atoms with van der Waals surface area (Å²) in [5, 5.41) is 3.18. The van der Waals surface area contributed by atoms with E-state index in [4.69, 9.17) is 5.73 Å². The van der Waals surface area contributed by atoms with Crippen molar-refractivity contribution in [1.82, 2.24) is 5.32 Å². The van der Waals surface area contributed by atoms with E-state index in [9.17, 15) is 4.79 Å². The van der Waals surface area contributed by atoms with Crippen molar-refractivity contribution in [3.05, 3.63) is 29.3 Å². The quantitative estimate of drug-likeness (QED) is 0.785. The van der Waals surface area contributed by atoms with Gasteiger partial charge in [0.15, 0.2) is 0 Å². The van der Waals surface area contributed by atoms with Crippen molar-refractivity contribution in [3.8, 4) is 0 Å². The molecule has 2 bridgehead atoms. The van der Waals surface area contributed by atoms with Gasteiger partial charge in [0.25, 0.3) is 5.91 Å². The molecule has 1 aromatic rings. The minimum atomic E-state index is -0.00579. The highest BCUT2D eigenvalue weighted by Gasteiger charge is 2.40. The van der Waals surface area contributed by atoms with Crippen LogP contribution in [0.5, 0.6) is 0 Å². The molecule has 3 unspecified atom stereocenters. The Morgan fingerprint density at radius 3 is 2.83 bits per heavy atom. The number of aryl methyl sites for hydroxylation is 1. The maximum Gasteiger partial charge on any atom is 0.253 e. The Bertz CT molecular complexity index is 483. The Balaban J connectivity index is 1.73. The number of anilines is 1. The van der Waals surface area contributed by atoms with Crippen molar-refractivity contribution in [2.24, 2.45) is 11.8 Å². The zero-order valence-electron chi connectivity index (χ0n) is 10.8. The molecule has 0 spiro atoms. The molecule has 3 atom stereocenters. The minimum absolute atomic E-state index is 0.00579. The first-order chi connectivity index (χ1) is 8.63. The molecule has 2 aliphatic rings. The van der Waals surface area contributed by atoms with E-state index in [0.717, 1.165) is 17.9 Å². The average Bonchev–Trinajstić information content (AvgIpc) is 2.94. The molecule has 2 aliphatic carbocycles. The van der Waals surface area contributed by atoms with Gasteiger partial charge in [-0.25, -0.2) is 0 Å². The summed E-state index contributed by atoms with van der Waals surface area (Å²) in [5.41, 5.74) is 8.14. The van der Waals surface area contributed by atoms with E-state index in [2.05, 4.69) is 5.32 Å². The number of nitrogens with two attached hydrogens (primary N) is 1. The van der Waals surface area contributed by atoms with Crippen LogP contribution in [0.4, 0.5) is 5.69 Å². The molecule has 2 fully saturated rings. The summed E-state index contributed by atoms with van der Waals surface area (Å²) in [6, 6.07) is 5.99. The molecular formula is C15H20N2O. The predicted octanol–water partition coefficient (Wildman–Crippen LogP) is 2.50. The number of benzene rings is 1. The second-order valence-electron chi connectivity index (χ2n) is 5.85. The van der Waals surface area contributed by atoms with Crippen LogP contribution in [0.1, 0.15) is 41.6 Å². The molecule has 3 nitrogen and oxygen atoms in total. The topological polar surface area (TPSA) is 55.1 Å². The molecule has 96 valence electrons. The molecule has 0 aliphatic heterocycles. The number of nitrogen functional groups attached to an aromatic ring is 1. The van der Waals surface area contributed by atoms with E-state index >= 15 is 0 Å². The summed E-state index contributed by atoms with van der Waals surface area (Å²) in [5.74, 6) is 1.54. The van der Waals surface area contributed by atoms with Crippen LogP contribution in [-0.2, 0) is 0 Å². The molecule has 0 radical (unpaired) electrons. The normalized spacial score (nSPS) is 29.5. The number of carbonyl (C=O) groups excluding carboxylic acids is 1. The van der Waals surface area contributed by atoms with Gasteiger partial charge in [0.1, 0.15) is 0 Å². The van der Waals surface area contributed by atoms with Crippen LogP contribution < -0.4 is 11.1 Å². The van der Waals surface area contributed by atoms with Crippen LogP contribution in [0, 0.1) is 18.8 Å². The van der Waals surface area contributed by atoms with Gasteiger partial charge >= 0.3 is 0 Å². The third-order valence-corrected chi connectivity index (χ3v) is 4.51. The van der Waals surface area contributed by atoms with Gasteiger partial charge in [-0.05, 0) is 50.2 Å². The van der Waals surface area contributed by atoms with Gasteiger partial charge in [-0.15, -0.1) is 0 Å². The lowest BCUT2D eigenvalue weighted by atomic mass is 9.95. The van der Waals surface area contributed by atoms with E-state index in [1.807, 2.05) is 25.1 Å². The van der Waals surface area contributed by atoms with Gasteiger partial charge < -0.3 is 11.1 Å².